The maximum Gasteiger partial charge on any atom is 0.276 e. The standard InChI is InChI=1S/C20H23BrN2O4/c1-3-14-5-8-16(9-6-14)26-12-19(24)22-23-20(25)13-27-18-10-7-15(4-2)11-17(18)21/h5-11H,3-4,12-13H2,1-2H3,(H,22,24)(H,23,25). The molecule has 0 unspecified atom stereocenters. The highest BCUT2D eigenvalue weighted by atomic mass is 79.9. The molecule has 7 heteroatoms. The number of hydrogen-bond acceptors (Lipinski definition) is 4. The normalized spacial score (nSPS) is 10.2. The number of carbonyl (C=O) groups is 2. The third kappa shape index (κ3) is 6.94. The first-order valence-electron chi connectivity index (χ1n) is 8.72. The fourth-order valence-corrected chi connectivity index (χ4v) is 2.75. The van der Waals surface area contributed by atoms with Crippen LogP contribution in [0.4, 0.5) is 0 Å². The Morgan fingerprint density at radius 3 is 1.96 bits per heavy atom. The summed E-state index contributed by atoms with van der Waals surface area (Å²) in [6, 6.07) is 13.2. The van der Waals surface area contributed by atoms with E-state index in [-0.39, 0.29) is 13.2 Å². The monoisotopic (exact) mass is 434 g/mol. The van der Waals surface area contributed by atoms with Crippen LogP contribution in [0.1, 0.15) is 25.0 Å². The van der Waals surface area contributed by atoms with Crippen molar-refractivity contribution in [2.75, 3.05) is 13.2 Å². The van der Waals surface area contributed by atoms with E-state index in [1.54, 1.807) is 18.2 Å². The highest BCUT2D eigenvalue weighted by Gasteiger charge is 2.08. The van der Waals surface area contributed by atoms with Gasteiger partial charge in [0.2, 0.25) is 0 Å². The molecule has 0 saturated carbocycles. The van der Waals surface area contributed by atoms with E-state index in [9.17, 15) is 9.59 Å². The quantitative estimate of drug-likeness (QED) is 0.625. The lowest BCUT2D eigenvalue weighted by Gasteiger charge is -2.11. The number of aryl methyl sites for hydroxylation is 2. The molecular formula is C20H23BrN2O4. The molecule has 27 heavy (non-hydrogen) atoms. The lowest BCUT2D eigenvalue weighted by Crippen LogP contribution is -2.45. The number of carbonyl (C=O) groups excluding carboxylic acids is 2. The molecule has 2 rings (SSSR count). The van der Waals surface area contributed by atoms with Crippen molar-refractivity contribution in [1.82, 2.24) is 10.9 Å². The van der Waals surface area contributed by atoms with Crippen molar-refractivity contribution in [3.8, 4) is 11.5 Å². The predicted molar refractivity (Wildman–Crippen MR) is 107 cm³/mol. The number of ether oxygens (including phenoxy) is 2. The topological polar surface area (TPSA) is 76.7 Å². The Kier molecular flexibility index (Phi) is 8.13. The summed E-state index contributed by atoms with van der Waals surface area (Å²) in [5.74, 6) is 0.225. The van der Waals surface area contributed by atoms with Gasteiger partial charge in [-0.15, -0.1) is 0 Å². The second-order valence-corrected chi connectivity index (χ2v) is 6.64. The lowest BCUT2D eigenvalue weighted by atomic mass is 10.2. The average molecular weight is 435 g/mol. The number of nitrogens with one attached hydrogen (secondary N) is 2. The third-order valence-corrected chi connectivity index (χ3v) is 4.43. The maximum atomic E-state index is 11.8. The average Bonchev–Trinajstić information content (AvgIpc) is 2.70. The van der Waals surface area contributed by atoms with E-state index in [0.29, 0.717) is 11.5 Å². The fourth-order valence-electron chi connectivity index (χ4n) is 2.21. The first-order chi connectivity index (χ1) is 13.0. The van der Waals surface area contributed by atoms with Crippen LogP contribution in [0.25, 0.3) is 0 Å². The molecule has 6 nitrogen and oxygen atoms in total. The molecule has 144 valence electrons. The summed E-state index contributed by atoms with van der Waals surface area (Å²) >= 11 is 3.41. The molecular weight excluding hydrogens is 412 g/mol. The summed E-state index contributed by atoms with van der Waals surface area (Å²) in [7, 11) is 0. The molecule has 0 spiro atoms. The Morgan fingerprint density at radius 1 is 0.852 bits per heavy atom. The van der Waals surface area contributed by atoms with Crippen LogP contribution in [-0.4, -0.2) is 25.0 Å². The smallest absolute Gasteiger partial charge is 0.276 e. The van der Waals surface area contributed by atoms with Gasteiger partial charge in [-0.2, -0.15) is 0 Å². The van der Waals surface area contributed by atoms with Gasteiger partial charge in [0.05, 0.1) is 4.47 Å². The second-order valence-electron chi connectivity index (χ2n) is 5.79. The fraction of sp³-hybridized carbons (Fsp3) is 0.300. The zero-order valence-electron chi connectivity index (χ0n) is 15.4. The largest absolute Gasteiger partial charge is 0.484 e. The zero-order chi connectivity index (χ0) is 19.6. The Labute approximate surface area is 167 Å². The van der Waals surface area contributed by atoms with Crippen molar-refractivity contribution in [2.45, 2.75) is 26.7 Å². The number of halogens is 1. The van der Waals surface area contributed by atoms with E-state index in [2.05, 4.69) is 40.6 Å². The molecule has 0 atom stereocenters. The Balaban J connectivity index is 1.69. The minimum atomic E-state index is -0.470. The minimum Gasteiger partial charge on any atom is -0.484 e. The summed E-state index contributed by atoms with van der Waals surface area (Å²) in [6.07, 6.45) is 1.85. The summed E-state index contributed by atoms with van der Waals surface area (Å²) in [6.45, 7) is 3.71. The number of hydrogen-bond donors (Lipinski definition) is 2. The van der Waals surface area contributed by atoms with Crippen molar-refractivity contribution in [3.05, 3.63) is 58.1 Å². The van der Waals surface area contributed by atoms with Gasteiger partial charge in [0.1, 0.15) is 11.5 Å². The molecule has 0 radical (unpaired) electrons. The zero-order valence-corrected chi connectivity index (χ0v) is 17.0. The molecule has 0 bridgehead atoms. The first kappa shape index (κ1) is 20.8. The lowest BCUT2D eigenvalue weighted by molar-refractivity contribution is -0.131. The van der Waals surface area contributed by atoms with Crippen molar-refractivity contribution in [3.63, 3.8) is 0 Å². The highest BCUT2D eigenvalue weighted by Crippen LogP contribution is 2.26. The summed E-state index contributed by atoms with van der Waals surface area (Å²) < 4.78 is 11.6. The van der Waals surface area contributed by atoms with E-state index < -0.39 is 11.8 Å². The molecule has 0 aromatic heterocycles. The molecule has 0 fully saturated rings. The van der Waals surface area contributed by atoms with Crippen molar-refractivity contribution in [1.29, 1.82) is 0 Å². The van der Waals surface area contributed by atoms with Crippen molar-refractivity contribution in [2.24, 2.45) is 0 Å². The molecule has 2 amide bonds. The van der Waals surface area contributed by atoms with Crippen LogP contribution < -0.4 is 20.3 Å². The van der Waals surface area contributed by atoms with E-state index >= 15 is 0 Å². The summed E-state index contributed by atoms with van der Waals surface area (Å²) in [5, 5.41) is 0. The Hall–Kier alpha value is -2.54. The first-order valence-corrected chi connectivity index (χ1v) is 9.51. The number of rotatable bonds is 8. The molecule has 2 aromatic rings. The van der Waals surface area contributed by atoms with Crippen molar-refractivity contribution < 1.29 is 19.1 Å². The van der Waals surface area contributed by atoms with Crippen molar-refractivity contribution >= 4 is 27.7 Å². The van der Waals surface area contributed by atoms with Crippen LogP contribution in [0.3, 0.4) is 0 Å². The van der Waals surface area contributed by atoms with Gasteiger partial charge in [-0.25, -0.2) is 0 Å². The Morgan fingerprint density at radius 2 is 1.41 bits per heavy atom. The molecule has 0 heterocycles. The highest BCUT2D eigenvalue weighted by molar-refractivity contribution is 9.10. The molecule has 0 saturated heterocycles. The maximum absolute atomic E-state index is 11.8. The number of benzene rings is 2. The van der Waals surface area contributed by atoms with E-state index in [1.165, 1.54) is 5.56 Å². The van der Waals surface area contributed by atoms with E-state index in [1.807, 2.05) is 24.3 Å². The second kappa shape index (κ2) is 10.6. The molecule has 0 aliphatic rings. The van der Waals surface area contributed by atoms with Crippen LogP contribution in [0.2, 0.25) is 0 Å². The predicted octanol–water partition coefficient (Wildman–Crippen LogP) is 3.18. The van der Waals surface area contributed by atoms with Gasteiger partial charge < -0.3 is 9.47 Å². The van der Waals surface area contributed by atoms with Gasteiger partial charge in [-0.05, 0) is 64.2 Å². The van der Waals surface area contributed by atoms with Gasteiger partial charge in [0.25, 0.3) is 11.8 Å². The van der Waals surface area contributed by atoms with Crippen LogP contribution in [0.5, 0.6) is 11.5 Å². The molecule has 2 aromatic carbocycles. The molecule has 0 aliphatic heterocycles. The van der Waals surface area contributed by atoms with Crippen LogP contribution in [-0.2, 0) is 22.4 Å². The number of amides is 2. The van der Waals surface area contributed by atoms with Gasteiger partial charge in [0, 0.05) is 0 Å². The van der Waals surface area contributed by atoms with E-state index in [0.717, 1.165) is 22.9 Å². The van der Waals surface area contributed by atoms with Crippen LogP contribution in [0.15, 0.2) is 46.9 Å². The summed E-state index contributed by atoms with van der Waals surface area (Å²) in [5.41, 5.74) is 6.93. The van der Waals surface area contributed by atoms with Gasteiger partial charge in [-0.3, -0.25) is 20.4 Å². The van der Waals surface area contributed by atoms with E-state index in [4.69, 9.17) is 9.47 Å². The van der Waals surface area contributed by atoms with Crippen LogP contribution in [0, 0.1) is 0 Å². The van der Waals surface area contributed by atoms with Gasteiger partial charge in [-0.1, -0.05) is 32.0 Å². The minimum absolute atomic E-state index is 0.198. The van der Waals surface area contributed by atoms with Crippen LogP contribution >= 0.6 is 15.9 Å². The van der Waals surface area contributed by atoms with Gasteiger partial charge in [0.15, 0.2) is 13.2 Å². The SMILES string of the molecule is CCc1ccc(OCC(=O)NNC(=O)COc2ccc(CC)cc2Br)cc1. The summed E-state index contributed by atoms with van der Waals surface area (Å²) in [4.78, 5) is 23.5. The Bertz CT molecular complexity index is 778. The van der Waals surface area contributed by atoms with Gasteiger partial charge >= 0.3 is 0 Å². The molecule has 2 N–H and O–H groups in total. The third-order valence-electron chi connectivity index (χ3n) is 3.81. The molecule has 0 aliphatic carbocycles. The number of hydrazine groups is 1.